The Labute approximate surface area is 160 Å². The number of hydrazine groups is 1. The van der Waals surface area contributed by atoms with Crippen LogP contribution in [0, 0.1) is 0 Å². The molecule has 0 spiro atoms. The number of carbonyl (C=O) groups is 2. The Morgan fingerprint density at radius 2 is 1.88 bits per heavy atom. The SMILES string of the molecule is O=C(COc1cccc(Br)c1)NNC(=O)CN1CCCc2ccccc21. The molecule has 0 unspecified atom stereocenters. The minimum atomic E-state index is -0.419. The fraction of sp³-hybridized carbons (Fsp3) is 0.263. The van der Waals surface area contributed by atoms with E-state index in [4.69, 9.17) is 4.74 Å². The van der Waals surface area contributed by atoms with Gasteiger partial charge in [0.1, 0.15) is 5.75 Å². The molecule has 2 N–H and O–H groups in total. The maximum atomic E-state index is 12.1. The van der Waals surface area contributed by atoms with E-state index >= 15 is 0 Å². The Balaban J connectivity index is 1.43. The van der Waals surface area contributed by atoms with Gasteiger partial charge in [-0.3, -0.25) is 20.4 Å². The van der Waals surface area contributed by atoms with Gasteiger partial charge in [-0.1, -0.05) is 40.2 Å². The number of amides is 2. The lowest BCUT2D eigenvalue weighted by molar-refractivity contribution is -0.129. The molecule has 2 amide bonds. The Bertz CT molecular complexity index is 797. The topological polar surface area (TPSA) is 70.7 Å². The number of hydrogen-bond donors (Lipinski definition) is 2. The van der Waals surface area contributed by atoms with Crippen LogP contribution in [0.2, 0.25) is 0 Å². The molecule has 1 aliphatic heterocycles. The molecule has 1 heterocycles. The van der Waals surface area contributed by atoms with Crippen LogP contribution in [0.4, 0.5) is 5.69 Å². The highest BCUT2D eigenvalue weighted by molar-refractivity contribution is 9.10. The lowest BCUT2D eigenvalue weighted by Crippen LogP contribution is -2.48. The van der Waals surface area contributed by atoms with Crippen molar-refractivity contribution in [1.82, 2.24) is 10.9 Å². The summed E-state index contributed by atoms with van der Waals surface area (Å²) in [5, 5.41) is 0. The van der Waals surface area contributed by atoms with Crippen LogP contribution in [0.25, 0.3) is 0 Å². The first-order valence-corrected chi connectivity index (χ1v) is 9.20. The van der Waals surface area contributed by atoms with Crippen molar-refractivity contribution < 1.29 is 14.3 Å². The fourth-order valence-corrected chi connectivity index (χ4v) is 3.25. The van der Waals surface area contributed by atoms with Gasteiger partial charge in [0.05, 0.1) is 6.54 Å². The number of nitrogens with zero attached hydrogens (tertiary/aromatic N) is 1. The molecule has 2 aromatic rings. The number of hydrogen-bond acceptors (Lipinski definition) is 4. The van der Waals surface area contributed by atoms with Crippen LogP contribution in [0.1, 0.15) is 12.0 Å². The number of aryl methyl sites for hydroxylation is 1. The van der Waals surface area contributed by atoms with Crippen LogP contribution in [0.5, 0.6) is 5.75 Å². The highest BCUT2D eigenvalue weighted by Crippen LogP contribution is 2.26. The number of fused-ring (bicyclic) bond motifs is 1. The van der Waals surface area contributed by atoms with Gasteiger partial charge in [-0.05, 0) is 42.7 Å². The molecule has 7 heteroatoms. The van der Waals surface area contributed by atoms with E-state index in [1.54, 1.807) is 12.1 Å². The summed E-state index contributed by atoms with van der Waals surface area (Å²) in [6.07, 6.45) is 2.04. The minimum Gasteiger partial charge on any atom is -0.484 e. The van der Waals surface area contributed by atoms with E-state index < -0.39 is 5.91 Å². The quantitative estimate of drug-likeness (QED) is 0.732. The molecule has 6 nitrogen and oxygen atoms in total. The number of halogens is 1. The van der Waals surface area contributed by atoms with E-state index in [-0.39, 0.29) is 19.1 Å². The summed E-state index contributed by atoms with van der Waals surface area (Å²) in [6, 6.07) is 15.3. The van der Waals surface area contributed by atoms with Crippen molar-refractivity contribution >= 4 is 33.4 Å². The zero-order chi connectivity index (χ0) is 18.4. The van der Waals surface area contributed by atoms with E-state index in [0.717, 1.165) is 29.5 Å². The van der Waals surface area contributed by atoms with Gasteiger partial charge >= 0.3 is 0 Å². The van der Waals surface area contributed by atoms with Gasteiger partial charge in [0.15, 0.2) is 6.61 Å². The smallest absolute Gasteiger partial charge is 0.276 e. The van der Waals surface area contributed by atoms with Crippen LogP contribution in [-0.2, 0) is 16.0 Å². The monoisotopic (exact) mass is 417 g/mol. The predicted molar refractivity (Wildman–Crippen MR) is 103 cm³/mol. The van der Waals surface area contributed by atoms with Gasteiger partial charge in [-0.25, -0.2) is 0 Å². The number of rotatable bonds is 5. The van der Waals surface area contributed by atoms with Crippen molar-refractivity contribution in [3.8, 4) is 5.75 Å². The van der Waals surface area contributed by atoms with E-state index in [1.807, 2.05) is 35.2 Å². The maximum absolute atomic E-state index is 12.1. The van der Waals surface area contributed by atoms with Crippen LogP contribution in [0.15, 0.2) is 53.0 Å². The molecule has 2 aromatic carbocycles. The largest absolute Gasteiger partial charge is 0.484 e. The van der Waals surface area contributed by atoms with Crippen molar-refractivity contribution in [3.05, 3.63) is 58.6 Å². The molecule has 0 saturated heterocycles. The van der Waals surface area contributed by atoms with Crippen LogP contribution < -0.4 is 20.5 Å². The highest BCUT2D eigenvalue weighted by Gasteiger charge is 2.18. The lowest BCUT2D eigenvalue weighted by Gasteiger charge is -2.30. The molecule has 26 heavy (non-hydrogen) atoms. The molecule has 1 aliphatic rings. The molecule has 0 aliphatic carbocycles. The minimum absolute atomic E-state index is 0.177. The van der Waals surface area contributed by atoms with Crippen molar-refractivity contribution in [2.45, 2.75) is 12.8 Å². The number of para-hydroxylation sites is 1. The molecule has 0 bridgehead atoms. The lowest BCUT2D eigenvalue weighted by atomic mass is 10.0. The standard InChI is InChI=1S/C19H20BrN3O3/c20-15-7-3-8-16(11-15)26-13-19(25)22-21-18(24)12-23-10-4-6-14-5-1-2-9-17(14)23/h1-3,5,7-9,11H,4,6,10,12-13H2,(H,21,24)(H,22,25). The van der Waals surface area contributed by atoms with Crippen molar-refractivity contribution in [2.24, 2.45) is 0 Å². The molecule has 3 rings (SSSR count). The Kier molecular flexibility index (Phi) is 6.12. The zero-order valence-electron chi connectivity index (χ0n) is 14.2. The van der Waals surface area contributed by atoms with Gasteiger partial charge in [0.2, 0.25) is 0 Å². The second-order valence-corrected chi connectivity index (χ2v) is 6.91. The van der Waals surface area contributed by atoms with Gasteiger partial charge in [-0.15, -0.1) is 0 Å². The summed E-state index contributed by atoms with van der Waals surface area (Å²) in [5.41, 5.74) is 7.15. The first-order valence-electron chi connectivity index (χ1n) is 8.41. The average molecular weight is 418 g/mol. The number of carbonyl (C=O) groups excluding carboxylic acids is 2. The number of benzene rings is 2. The van der Waals surface area contributed by atoms with Gasteiger partial charge in [0.25, 0.3) is 11.8 Å². The second kappa shape index (κ2) is 8.71. The normalized spacial score (nSPS) is 12.9. The Morgan fingerprint density at radius 3 is 2.73 bits per heavy atom. The molecule has 0 saturated carbocycles. The van der Waals surface area contributed by atoms with E-state index in [9.17, 15) is 9.59 Å². The molecular formula is C19H20BrN3O3. The van der Waals surface area contributed by atoms with E-state index in [0.29, 0.717) is 5.75 Å². The van der Waals surface area contributed by atoms with E-state index in [2.05, 4.69) is 32.8 Å². The summed E-state index contributed by atoms with van der Waals surface area (Å²) in [5.74, 6) is -0.111. The predicted octanol–water partition coefficient (Wildman–Crippen LogP) is 2.43. The molecule has 0 aromatic heterocycles. The summed E-state index contributed by atoms with van der Waals surface area (Å²) in [4.78, 5) is 26.0. The third-order valence-electron chi connectivity index (χ3n) is 4.05. The maximum Gasteiger partial charge on any atom is 0.276 e. The molecule has 0 atom stereocenters. The van der Waals surface area contributed by atoms with Crippen molar-refractivity contribution in [3.63, 3.8) is 0 Å². The number of anilines is 1. The summed E-state index contributed by atoms with van der Waals surface area (Å²) in [7, 11) is 0. The van der Waals surface area contributed by atoms with Crippen molar-refractivity contribution in [2.75, 3.05) is 24.6 Å². The molecule has 136 valence electrons. The Morgan fingerprint density at radius 1 is 1.08 bits per heavy atom. The second-order valence-electron chi connectivity index (χ2n) is 6.00. The van der Waals surface area contributed by atoms with Gasteiger partial charge in [0, 0.05) is 16.7 Å². The fourth-order valence-electron chi connectivity index (χ4n) is 2.87. The third-order valence-corrected chi connectivity index (χ3v) is 4.54. The molecule has 0 fully saturated rings. The average Bonchev–Trinajstić information content (AvgIpc) is 2.65. The van der Waals surface area contributed by atoms with Gasteiger partial charge in [-0.2, -0.15) is 0 Å². The third kappa shape index (κ3) is 4.98. The number of nitrogens with one attached hydrogen (secondary N) is 2. The number of ether oxygens (including phenoxy) is 1. The van der Waals surface area contributed by atoms with Crippen LogP contribution in [-0.4, -0.2) is 31.5 Å². The molecular weight excluding hydrogens is 398 g/mol. The Hall–Kier alpha value is -2.54. The zero-order valence-corrected chi connectivity index (χ0v) is 15.8. The van der Waals surface area contributed by atoms with Crippen LogP contribution in [0.3, 0.4) is 0 Å². The van der Waals surface area contributed by atoms with Crippen LogP contribution >= 0.6 is 15.9 Å². The van der Waals surface area contributed by atoms with E-state index in [1.165, 1.54) is 5.56 Å². The molecule has 0 radical (unpaired) electrons. The van der Waals surface area contributed by atoms with Gasteiger partial charge < -0.3 is 9.64 Å². The summed E-state index contributed by atoms with van der Waals surface area (Å²) >= 11 is 3.34. The summed E-state index contributed by atoms with van der Waals surface area (Å²) in [6.45, 7) is 0.845. The highest BCUT2D eigenvalue weighted by atomic mass is 79.9. The summed E-state index contributed by atoms with van der Waals surface area (Å²) < 4.78 is 6.24. The first-order chi connectivity index (χ1) is 12.6. The first kappa shape index (κ1) is 18.3. The van der Waals surface area contributed by atoms with Crippen molar-refractivity contribution in [1.29, 1.82) is 0 Å².